The van der Waals surface area contributed by atoms with Gasteiger partial charge in [0.25, 0.3) is 0 Å². The van der Waals surface area contributed by atoms with Crippen LogP contribution < -0.4 is 4.72 Å². The highest BCUT2D eigenvalue weighted by Crippen LogP contribution is 2.33. The normalized spacial score (nSPS) is 14.6. The van der Waals surface area contributed by atoms with Gasteiger partial charge in [-0.2, -0.15) is 0 Å². The minimum absolute atomic E-state index is 0.206. The number of hydrogen-bond acceptors (Lipinski definition) is 6. The lowest BCUT2D eigenvalue weighted by Gasteiger charge is -2.25. The zero-order valence-electron chi connectivity index (χ0n) is 12.9. The molecule has 5 nitrogen and oxygen atoms in total. The lowest BCUT2D eigenvalue weighted by molar-refractivity contribution is 0.0655. The van der Waals surface area contributed by atoms with Gasteiger partial charge in [0.2, 0.25) is 10.0 Å². The molecule has 0 saturated heterocycles. The molecule has 0 spiro atoms. The van der Waals surface area contributed by atoms with Crippen LogP contribution in [0.1, 0.15) is 22.4 Å². The minimum atomic E-state index is -3.69. The van der Waals surface area contributed by atoms with Crippen molar-refractivity contribution in [2.75, 3.05) is 6.54 Å². The van der Waals surface area contributed by atoms with Crippen LogP contribution in [-0.2, 0) is 22.0 Å². The van der Waals surface area contributed by atoms with Crippen molar-refractivity contribution in [3.8, 4) is 0 Å². The van der Waals surface area contributed by atoms with Crippen molar-refractivity contribution in [3.05, 3.63) is 63.6 Å². The Morgan fingerprint density at radius 2 is 2.08 bits per heavy atom. The maximum atomic E-state index is 12.5. The molecule has 0 amide bonds. The summed E-state index contributed by atoms with van der Waals surface area (Å²) in [5, 5.41) is 12.9. The molecule has 3 rings (SSSR count). The maximum absolute atomic E-state index is 12.5. The van der Waals surface area contributed by atoms with Gasteiger partial charge in [-0.1, -0.05) is 13.0 Å². The average molecular weight is 384 g/mol. The molecular formula is C16H17NO4S3. The van der Waals surface area contributed by atoms with Crippen LogP contribution in [0.5, 0.6) is 0 Å². The van der Waals surface area contributed by atoms with Crippen LogP contribution in [0.4, 0.5) is 0 Å². The van der Waals surface area contributed by atoms with Crippen LogP contribution in [0.25, 0.3) is 0 Å². The van der Waals surface area contributed by atoms with Gasteiger partial charge in [0, 0.05) is 9.75 Å². The molecule has 3 aromatic heterocycles. The largest absolute Gasteiger partial charge is 0.466 e. The van der Waals surface area contributed by atoms with E-state index in [4.69, 9.17) is 4.42 Å². The summed E-state index contributed by atoms with van der Waals surface area (Å²) in [5.41, 5.74) is -1.55. The average Bonchev–Trinajstić information content (AvgIpc) is 3.34. The number of sulfonamides is 1. The third-order valence-electron chi connectivity index (χ3n) is 3.63. The fourth-order valence-electron chi connectivity index (χ4n) is 2.29. The summed E-state index contributed by atoms with van der Waals surface area (Å²) in [6.07, 6.45) is 2.24. The maximum Gasteiger partial charge on any atom is 0.250 e. The second-order valence-corrected chi connectivity index (χ2v) is 9.32. The number of furan rings is 1. The van der Waals surface area contributed by atoms with E-state index in [9.17, 15) is 13.5 Å². The molecule has 3 heterocycles. The molecule has 2 N–H and O–H groups in total. The molecule has 0 aliphatic carbocycles. The van der Waals surface area contributed by atoms with E-state index in [0.717, 1.165) is 11.3 Å². The lowest BCUT2D eigenvalue weighted by Crippen LogP contribution is -2.40. The highest BCUT2D eigenvalue weighted by molar-refractivity contribution is 7.91. The summed E-state index contributed by atoms with van der Waals surface area (Å²) >= 11 is 2.57. The molecule has 0 fully saturated rings. The van der Waals surface area contributed by atoms with Crippen LogP contribution in [0, 0.1) is 0 Å². The van der Waals surface area contributed by atoms with Crippen LogP contribution in [-0.4, -0.2) is 20.1 Å². The standard InChI is InChI=1S/C16H17NO4S3/c1-2-12-7-8-15(23-12)24(19,20)17-11-16(18,13-5-3-9-21-13)14-6-4-10-22-14/h3-10,17-18H,2,11H2,1H3/t16-/m0/s1. The smallest absolute Gasteiger partial charge is 0.250 e. The summed E-state index contributed by atoms with van der Waals surface area (Å²) < 4.78 is 33.1. The first-order valence-electron chi connectivity index (χ1n) is 7.34. The van der Waals surface area contributed by atoms with Crippen molar-refractivity contribution < 1.29 is 17.9 Å². The summed E-state index contributed by atoms with van der Waals surface area (Å²) in [7, 11) is -3.69. The van der Waals surface area contributed by atoms with Gasteiger partial charge in [0.15, 0.2) is 5.60 Å². The monoisotopic (exact) mass is 383 g/mol. The van der Waals surface area contributed by atoms with E-state index in [1.807, 2.05) is 12.3 Å². The molecule has 0 aliphatic rings. The van der Waals surface area contributed by atoms with Crippen molar-refractivity contribution in [1.82, 2.24) is 4.72 Å². The van der Waals surface area contributed by atoms with Gasteiger partial charge >= 0.3 is 0 Å². The first kappa shape index (κ1) is 17.4. The first-order valence-corrected chi connectivity index (χ1v) is 10.5. The Kier molecular flexibility index (Phi) is 4.93. The zero-order valence-corrected chi connectivity index (χ0v) is 15.4. The summed E-state index contributed by atoms with van der Waals surface area (Å²) in [6, 6.07) is 10.2. The third kappa shape index (κ3) is 3.33. The van der Waals surface area contributed by atoms with Crippen molar-refractivity contribution >= 4 is 32.7 Å². The van der Waals surface area contributed by atoms with E-state index in [2.05, 4.69) is 4.72 Å². The van der Waals surface area contributed by atoms with Crippen LogP contribution in [0.15, 0.2) is 56.7 Å². The number of rotatable bonds is 7. The predicted octanol–water partition coefficient (Wildman–Crippen LogP) is 3.18. The SMILES string of the molecule is CCc1ccc(S(=O)(=O)NC[C@](O)(c2ccco2)c2cccs2)s1. The lowest BCUT2D eigenvalue weighted by atomic mass is 9.99. The molecule has 1 atom stereocenters. The van der Waals surface area contributed by atoms with Crippen LogP contribution in [0.3, 0.4) is 0 Å². The Labute approximate surface area is 148 Å². The Bertz CT molecular complexity index is 846. The van der Waals surface area contributed by atoms with Crippen molar-refractivity contribution in [1.29, 1.82) is 0 Å². The fourth-order valence-corrected chi connectivity index (χ4v) is 5.52. The van der Waals surface area contributed by atoms with E-state index in [1.165, 1.54) is 28.9 Å². The van der Waals surface area contributed by atoms with Gasteiger partial charge in [-0.3, -0.25) is 0 Å². The van der Waals surface area contributed by atoms with Crippen LogP contribution in [0.2, 0.25) is 0 Å². The number of hydrogen-bond donors (Lipinski definition) is 2. The van der Waals surface area contributed by atoms with Gasteiger partial charge in [0.1, 0.15) is 9.97 Å². The van der Waals surface area contributed by atoms with Gasteiger partial charge in [-0.05, 0) is 42.1 Å². The first-order chi connectivity index (χ1) is 11.5. The fraction of sp³-hybridized carbons (Fsp3) is 0.250. The van der Waals surface area contributed by atoms with E-state index in [1.54, 1.807) is 36.4 Å². The summed E-state index contributed by atoms with van der Waals surface area (Å²) in [6.45, 7) is 1.77. The number of aryl methyl sites for hydroxylation is 1. The van der Waals surface area contributed by atoms with Gasteiger partial charge in [0.05, 0.1) is 12.8 Å². The molecule has 24 heavy (non-hydrogen) atoms. The Balaban J connectivity index is 1.87. The molecule has 0 radical (unpaired) electrons. The molecule has 0 saturated carbocycles. The number of aliphatic hydroxyl groups is 1. The Hall–Kier alpha value is -1.45. The predicted molar refractivity (Wildman–Crippen MR) is 94.9 cm³/mol. The minimum Gasteiger partial charge on any atom is -0.466 e. The molecule has 0 aliphatic heterocycles. The Morgan fingerprint density at radius 1 is 1.25 bits per heavy atom. The number of nitrogens with one attached hydrogen (secondary N) is 1. The second-order valence-electron chi connectivity index (χ2n) is 5.21. The van der Waals surface area contributed by atoms with Crippen molar-refractivity contribution in [2.24, 2.45) is 0 Å². The molecule has 128 valence electrons. The van der Waals surface area contributed by atoms with E-state index < -0.39 is 15.6 Å². The molecular weight excluding hydrogens is 366 g/mol. The van der Waals surface area contributed by atoms with Crippen molar-refractivity contribution in [2.45, 2.75) is 23.2 Å². The Morgan fingerprint density at radius 3 is 2.67 bits per heavy atom. The quantitative estimate of drug-likeness (QED) is 0.657. The number of thiophene rings is 2. The van der Waals surface area contributed by atoms with Crippen molar-refractivity contribution in [3.63, 3.8) is 0 Å². The summed E-state index contributed by atoms with van der Waals surface area (Å²) in [4.78, 5) is 1.61. The van der Waals surface area contributed by atoms with Gasteiger partial charge in [-0.25, -0.2) is 13.1 Å². The third-order valence-corrected chi connectivity index (χ3v) is 7.77. The van der Waals surface area contributed by atoms with E-state index in [-0.39, 0.29) is 10.8 Å². The topological polar surface area (TPSA) is 79.5 Å². The highest BCUT2D eigenvalue weighted by atomic mass is 32.2. The molecule has 0 unspecified atom stereocenters. The van der Waals surface area contributed by atoms with Gasteiger partial charge in [-0.15, -0.1) is 22.7 Å². The summed E-state index contributed by atoms with van der Waals surface area (Å²) in [5.74, 6) is 0.299. The zero-order chi connectivity index (χ0) is 17.2. The van der Waals surface area contributed by atoms with E-state index >= 15 is 0 Å². The highest BCUT2D eigenvalue weighted by Gasteiger charge is 2.37. The van der Waals surface area contributed by atoms with E-state index in [0.29, 0.717) is 10.6 Å². The van der Waals surface area contributed by atoms with Gasteiger partial charge < -0.3 is 9.52 Å². The molecule has 0 aromatic carbocycles. The molecule has 3 aromatic rings. The molecule has 8 heteroatoms. The van der Waals surface area contributed by atoms with Crippen LogP contribution >= 0.6 is 22.7 Å². The second kappa shape index (κ2) is 6.81. The molecule has 0 bridgehead atoms.